The van der Waals surface area contributed by atoms with Gasteiger partial charge in [-0.15, -0.1) is 5.11 Å². The van der Waals surface area contributed by atoms with Crippen LogP contribution in [0.15, 0.2) is 34.6 Å². The molecule has 1 rings (SSSR count). The number of hydrogen-bond donors (Lipinski definition) is 1. The zero-order chi connectivity index (χ0) is 9.68. The highest BCUT2D eigenvalue weighted by Crippen LogP contribution is 2.17. The van der Waals surface area contributed by atoms with E-state index >= 15 is 0 Å². The second-order valence-corrected chi connectivity index (χ2v) is 2.38. The first kappa shape index (κ1) is 9.47. The van der Waals surface area contributed by atoms with Gasteiger partial charge in [-0.05, 0) is 29.5 Å². The standard InChI is InChI=1S/C8H11N3O2/c1-11(12)10-9-7-3-5-8(13-2)6-4-7/h3-6,12H,1-2H3. The molecule has 0 radical (unpaired) electrons. The van der Waals surface area contributed by atoms with E-state index < -0.39 is 0 Å². The van der Waals surface area contributed by atoms with E-state index in [1.54, 1.807) is 31.4 Å². The van der Waals surface area contributed by atoms with Crippen LogP contribution in [-0.4, -0.2) is 24.5 Å². The van der Waals surface area contributed by atoms with Crippen molar-refractivity contribution in [1.29, 1.82) is 0 Å². The molecule has 0 amide bonds. The van der Waals surface area contributed by atoms with Crippen LogP contribution in [0.2, 0.25) is 0 Å². The van der Waals surface area contributed by atoms with E-state index in [1.165, 1.54) is 7.05 Å². The third kappa shape index (κ3) is 3.08. The number of ether oxygens (including phenoxy) is 1. The van der Waals surface area contributed by atoms with Crippen LogP contribution in [0.25, 0.3) is 0 Å². The van der Waals surface area contributed by atoms with E-state index in [0.29, 0.717) is 10.9 Å². The molecule has 13 heavy (non-hydrogen) atoms. The van der Waals surface area contributed by atoms with Crippen molar-refractivity contribution in [2.24, 2.45) is 10.3 Å². The fraction of sp³-hybridized carbons (Fsp3) is 0.250. The van der Waals surface area contributed by atoms with Gasteiger partial charge in [-0.3, -0.25) is 5.21 Å². The van der Waals surface area contributed by atoms with Crippen molar-refractivity contribution in [3.05, 3.63) is 24.3 Å². The van der Waals surface area contributed by atoms with Gasteiger partial charge in [-0.1, -0.05) is 0 Å². The summed E-state index contributed by atoms with van der Waals surface area (Å²) in [4.78, 5) is 0. The van der Waals surface area contributed by atoms with Gasteiger partial charge in [-0.25, -0.2) is 0 Å². The molecule has 0 unspecified atom stereocenters. The first-order valence-electron chi connectivity index (χ1n) is 3.70. The maximum Gasteiger partial charge on any atom is 0.119 e. The summed E-state index contributed by atoms with van der Waals surface area (Å²) < 4.78 is 4.96. The predicted octanol–water partition coefficient (Wildman–Crippen LogP) is 2.01. The molecule has 0 aliphatic rings. The number of benzene rings is 1. The molecule has 1 aromatic rings. The lowest BCUT2D eigenvalue weighted by Crippen LogP contribution is -2.00. The second-order valence-electron chi connectivity index (χ2n) is 2.38. The molecule has 5 nitrogen and oxygen atoms in total. The molecule has 70 valence electrons. The van der Waals surface area contributed by atoms with Crippen LogP contribution in [0, 0.1) is 0 Å². The van der Waals surface area contributed by atoms with Gasteiger partial charge >= 0.3 is 0 Å². The monoisotopic (exact) mass is 181 g/mol. The minimum Gasteiger partial charge on any atom is -0.497 e. The number of hydroxylamine groups is 1. The van der Waals surface area contributed by atoms with Crippen molar-refractivity contribution in [1.82, 2.24) is 5.17 Å². The summed E-state index contributed by atoms with van der Waals surface area (Å²) in [6, 6.07) is 7.02. The highest BCUT2D eigenvalue weighted by Gasteiger charge is 1.91. The smallest absolute Gasteiger partial charge is 0.119 e. The maximum absolute atomic E-state index is 8.66. The van der Waals surface area contributed by atoms with E-state index in [0.717, 1.165) is 5.75 Å². The molecule has 0 saturated heterocycles. The summed E-state index contributed by atoms with van der Waals surface area (Å²) in [7, 11) is 2.98. The summed E-state index contributed by atoms with van der Waals surface area (Å²) in [6.45, 7) is 0. The topological polar surface area (TPSA) is 57.4 Å². The Bertz CT molecular complexity index is 282. The van der Waals surface area contributed by atoms with Gasteiger partial charge in [0.05, 0.1) is 19.8 Å². The molecule has 1 aromatic carbocycles. The minimum atomic E-state index is 0.643. The molecule has 0 aromatic heterocycles. The van der Waals surface area contributed by atoms with E-state index in [9.17, 15) is 0 Å². The van der Waals surface area contributed by atoms with Crippen LogP contribution in [0.4, 0.5) is 5.69 Å². The Hall–Kier alpha value is -1.62. The van der Waals surface area contributed by atoms with Gasteiger partial charge in [0.25, 0.3) is 0 Å². The summed E-state index contributed by atoms with van der Waals surface area (Å²) in [5.74, 6) is 0.760. The van der Waals surface area contributed by atoms with Crippen LogP contribution in [0.3, 0.4) is 0 Å². The first-order valence-corrected chi connectivity index (χ1v) is 3.70. The SMILES string of the molecule is COc1ccc(N=NN(C)O)cc1. The predicted molar refractivity (Wildman–Crippen MR) is 47.1 cm³/mol. The van der Waals surface area contributed by atoms with E-state index in [-0.39, 0.29) is 0 Å². The Morgan fingerprint density at radius 1 is 1.31 bits per heavy atom. The molecule has 0 heterocycles. The molecular formula is C8H11N3O2. The fourth-order valence-corrected chi connectivity index (χ4v) is 0.765. The maximum atomic E-state index is 8.66. The van der Waals surface area contributed by atoms with Crippen molar-refractivity contribution in [2.45, 2.75) is 0 Å². The fourth-order valence-electron chi connectivity index (χ4n) is 0.765. The Morgan fingerprint density at radius 2 is 1.92 bits per heavy atom. The Kier molecular flexibility index (Phi) is 3.22. The Morgan fingerprint density at radius 3 is 2.38 bits per heavy atom. The zero-order valence-corrected chi connectivity index (χ0v) is 7.51. The normalized spacial score (nSPS) is 10.4. The second kappa shape index (κ2) is 4.42. The molecule has 1 N–H and O–H groups in total. The number of nitrogens with zero attached hydrogens (tertiary/aromatic N) is 3. The van der Waals surface area contributed by atoms with Crippen molar-refractivity contribution >= 4 is 5.69 Å². The van der Waals surface area contributed by atoms with Crippen LogP contribution >= 0.6 is 0 Å². The Balaban J connectivity index is 2.69. The first-order chi connectivity index (χ1) is 6.22. The lowest BCUT2D eigenvalue weighted by Gasteiger charge is -2.00. The van der Waals surface area contributed by atoms with E-state index in [4.69, 9.17) is 9.94 Å². The molecule has 0 bridgehead atoms. The number of methoxy groups -OCH3 is 1. The van der Waals surface area contributed by atoms with Crippen LogP contribution in [0.5, 0.6) is 5.75 Å². The third-order valence-electron chi connectivity index (χ3n) is 1.36. The molecule has 0 saturated carbocycles. The molecule has 0 aliphatic heterocycles. The van der Waals surface area contributed by atoms with Gasteiger partial charge in [0.1, 0.15) is 5.75 Å². The third-order valence-corrected chi connectivity index (χ3v) is 1.36. The van der Waals surface area contributed by atoms with Gasteiger partial charge in [0.15, 0.2) is 0 Å². The zero-order valence-electron chi connectivity index (χ0n) is 7.51. The van der Waals surface area contributed by atoms with Crippen molar-refractivity contribution in [3.8, 4) is 5.75 Å². The molecule has 0 fully saturated rings. The molecule has 0 atom stereocenters. The van der Waals surface area contributed by atoms with Crippen LogP contribution in [-0.2, 0) is 0 Å². The summed E-state index contributed by atoms with van der Waals surface area (Å²) in [5, 5.41) is 16.5. The number of hydrogen-bond acceptors (Lipinski definition) is 4. The van der Waals surface area contributed by atoms with Crippen molar-refractivity contribution in [3.63, 3.8) is 0 Å². The van der Waals surface area contributed by atoms with Gasteiger partial charge in [0.2, 0.25) is 0 Å². The van der Waals surface area contributed by atoms with Crippen molar-refractivity contribution in [2.75, 3.05) is 14.2 Å². The summed E-state index contributed by atoms with van der Waals surface area (Å²) in [5.41, 5.74) is 0.654. The highest BCUT2D eigenvalue weighted by atomic mass is 16.5. The van der Waals surface area contributed by atoms with Crippen molar-refractivity contribution < 1.29 is 9.94 Å². The quantitative estimate of drug-likeness (QED) is 0.573. The average molecular weight is 181 g/mol. The van der Waals surface area contributed by atoms with Crippen LogP contribution in [0.1, 0.15) is 0 Å². The molecule has 0 spiro atoms. The van der Waals surface area contributed by atoms with Gasteiger partial charge in [-0.2, -0.15) is 5.17 Å². The largest absolute Gasteiger partial charge is 0.497 e. The van der Waals surface area contributed by atoms with E-state index in [2.05, 4.69) is 10.3 Å². The summed E-state index contributed by atoms with van der Waals surface area (Å²) in [6.07, 6.45) is 0. The number of rotatable bonds is 3. The van der Waals surface area contributed by atoms with Gasteiger partial charge < -0.3 is 4.74 Å². The lowest BCUT2D eigenvalue weighted by molar-refractivity contribution is -0.0707. The molecule has 5 heteroatoms. The van der Waals surface area contributed by atoms with Crippen LogP contribution < -0.4 is 4.74 Å². The summed E-state index contributed by atoms with van der Waals surface area (Å²) >= 11 is 0. The highest BCUT2D eigenvalue weighted by molar-refractivity contribution is 5.40. The Labute approximate surface area is 76.2 Å². The van der Waals surface area contributed by atoms with E-state index in [1.807, 2.05) is 0 Å². The molecular weight excluding hydrogens is 170 g/mol. The average Bonchev–Trinajstić information content (AvgIpc) is 2.15. The van der Waals surface area contributed by atoms with Gasteiger partial charge in [0, 0.05) is 0 Å². The lowest BCUT2D eigenvalue weighted by atomic mass is 10.3. The minimum absolute atomic E-state index is 0.643. The molecule has 0 aliphatic carbocycles.